The van der Waals surface area contributed by atoms with Gasteiger partial charge in [-0.2, -0.15) is 0 Å². The molecule has 104 valence electrons. The molecule has 0 saturated carbocycles. The lowest BCUT2D eigenvalue weighted by Crippen LogP contribution is -2.13. The Morgan fingerprint density at radius 1 is 1.10 bits per heavy atom. The molecular formula is C17H19NO2. The molecule has 20 heavy (non-hydrogen) atoms. The Kier molecular flexibility index (Phi) is 4.41. The van der Waals surface area contributed by atoms with Crippen LogP contribution in [0.25, 0.3) is 0 Å². The van der Waals surface area contributed by atoms with Crippen molar-refractivity contribution in [2.45, 2.75) is 26.7 Å². The summed E-state index contributed by atoms with van der Waals surface area (Å²) in [5.41, 5.74) is 3.21. The van der Waals surface area contributed by atoms with Crippen molar-refractivity contribution in [3.05, 3.63) is 59.2 Å². The van der Waals surface area contributed by atoms with E-state index in [2.05, 4.69) is 5.32 Å². The molecule has 0 heterocycles. The van der Waals surface area contributed by atoms with Gasteiger partial charge in [0.05, 0.1) is 5.56 Å². The summed E-state index contributed by atoms with van der Waals surface area (Å²) in [6, 6.07) is 12.8. The fourth-order valence-electron chi connectivity index (χ4n) is 2.13. The van der Waals surface area contributed by atoms with Gasteiger partial charge in [0.15, 0.2) is 0 Å². The van der Waals surface area contributed by atoms with Gasteiger partial charge in [-0.15, -0.1) is 0 Å². The molecule has 0 aliphatic carbocycles. The predicted molar refractivity (Wildman–Crippen MR) is 81.3 cm³/mol. The topological polar surface area (TPSA) is 49.3 Å². The van der Waals surface area contributed by atoms with Crippen LogP contribution in [0.15, 0.2) is 42.5 Å². The van der Waals surface area contributed by atoms with E-state index < -0.39 is 0 Å². The molecular weight excluding hydrogens is 250 g/mol. The number of amides is 1. The van der Waals surface area contributed by atoms with Crippen molar-refractivity contribution in [1.82, 2.24) is 0 Å². The first-order chi connectivity index (χ1) is 9.65. The fourth-order valence-corrected chi connectivity index (χ4v) is 2.13. The lowest BCUT2D eigenvalue weighted by Gasteiger charge is -2.11. The molecule has 3 nitrogen and oxygen atoms in total. The minimum atomic E-state index is -0.279. The molecule has 0 aliphatic rings. The second-order valence-electron chi connectivity index (χ2n) is 4.67. The number of phenols is 1. The van der Waals surface area contributed by atoms with Crippen molar-refractivity contribution >= 4 is 11.6 Å². The van der Waals surface area contributed by atoms with E-state index in [1.807, 2.05) is 44.2 Å². The summed E-state index contributed by atoms with van der Waals surface area (Å²) in [4.78, 5) is 12.3. The van der Waals surface area contributed by atoms with Crippen LogP contribution >= 0.6 is 0 Å². The van der Waals surface area contributed by atoms with Crippen molar-refractivity contribution in [1.29, 1.82) is 0 Å². The zero-order valence-electron chi connectivity index (χ0n) is 11.8. The smallest absolute Gasteiger partial charge is 0.259 e. The molecule has 0 aliphatic heterocycles. The van der Waals surface area contributed by atoms with Crippen LogP contribution in [0.1, 0.15) is 35.3 Å². The molecule has 0 spiro atoms. The fraction of sp³-hybridized carbons (Fsp3) is 0.235. The third-order valence-electron chi connectivity index (χ3n) is 3.36. The standard InChI is InChI=1S/C17H19NO2/c1-3-12-9-10-16(19)14(11-12)17(20)18-15-8-6-5-7-13(15)4-2/h5-11,19H,3-4H2,1-2H3,(H,18,20). The van der Waals surface area contributed by atoms with Gasteiger partial charge in [0.25, 0.3) is 5.91 Å². The van der Waals surface area contributed by atoms with Gasteiger partial charge in [0.1, 0.15) is 5.75 Å². The lowest BCUT2D eigenvalue weighted by molar-refractivity contribution is 0.102. The molecule has 2 N–H and O–H groups in total. The molecule has 0 aromatic heterocycles. The van der Waals surface area contributed by atoms with Crippen LogP contribution in [0.2, 0.25) is 0 Å². The Balaban J connectivity index is 2.28. The van der Waals surface area contributed by atoms with Gasteiger partial charge >= 0.3 is 0 Å². The van der Waals surface area contributed by atoms with E-state index in [1.54, 1.807) is 12.1 Å². The maximum absolute atomic E-state index is 12.3. The maximum atomic E-state index is 12.3. The molecule has 0 radical (unpaired) electrons. The van der Waals surface area contributed by atoms with Gasteiger partial charge in [-0.05, 0) is 42.2 Å². The summed E-state index contributed by atoms with van der Waals surface area (Å²) < 4.78 is 0. The van der Waals surface area contributed by atoms with Crippen molar-refractivity contribution in [3.8, 4) is 5.75 Å². The van der Waals surface area contributed by atoms with Crippen molar-refractivity contribution < 1.29 is 9.90 Å². The molecule has 0 fully saturated rings. The van der Waals surface area contributed by atoms with Crippen LogP contribution in [0.3, 0.4) is 0 Å². The highest BCUT2D eigenvalue weighted by molar-refractivity contribution is 6.06. The summed E-state index contributed by atoms with van der Waals surface area (Å²) in [7, 11) is 0. The zero-order valence-corrected chi connectivity index (χ0v) is 11.8. The number of benzene rings is 2. The van der Waals surface area contributed by atoms with Gasteiger partial charge in [-0.25, -0.2) is 0 Å². The molecule has 2 aromatic rings. The Hall–Kier alpha value is -2.29. The molecule has 1 amide bonds. The van der Waals surface area contributed by atoms with E-state index >= 15 is 0 Å². The van der Waals surface area contributed by atoms with Gasteiger partial charge < -0.3 is 10.4 Å². The highest BCUT2D eigenvalue weighted by Crippen LogP contribution is 2.22. The van der Waals surface area contributed by atoms with Crippen molar-refractivity contribution in [2.75, 3.05) is 5.32 Å². The minimum absolute atomic E-state index is 0.00804. The number of nitrogens with one attached hydrogen (secondary N) is 1. The molecule has 2 rings (SSSR count). The quantitative estimate of drug-likeness (QED) is 0.887. The summed E-state index contributed by atoms with van der Waals surface area (Å²) in [6.45, 7) is 4.06. The molecule has 2 aromatic carbocycles. The first-order valence-corrected chi connectivity index (χ1v) is 6.86. The van der Waals surface area contributed by atoms with Crippen LogP contribution in [0, 0.1) is 0 Å². The monoisotopic (exact) mass is 269 g/mol. The number of carbonyl (C=O) groups excluding carboxylic acids is 1. The molecule has 3 heteroatoms. The van der Waals surface area contributed by atoms with Gasteiger partial charge in [0, 0.05) is 5.69 Å². The SMILES string of the molecule is CCc1ccc(O)c(C(=O)Nc2ccccc2CC)c1. The van der Waals surface area contributed by atoms with Crippen molar-refractivity contribution in [2.24, 2.45) is 0 Å². The summed E-state index contributed by atoms with van der Waals surface area (Å²) in [5.74, 6) is -0.271. The zero-order chi connectivity index (χ0) is 14.5. The number of carbonyl (C=O) groups is 1. The Morgan fingerprint density at radius 3 is 2.55 bits per heavy atom. The Bertz CT molecular complexity index is 620. The third-order valence-corrected chi connectivity index (χ3v) is 3.36. The number of rotatable bonds is 4. The molecule has 0 atom stereocenters. The highest BCUT2D eigenvalue weighted by atomic mass is 16.3. The van der Waals surface area contributed by atoms with E-state index in [0.29, 0.717) is 5.56 Å². The second-order valence-corrected chi connectivity index (χ2v) is 4.67. The number of anilines is 1. The molecule has 0 saturated heterocycles. The van der Waals surface area contributed by atoms with E-state index in [1.165, 1.54) is 0 Å². The first-order valence-electron chi connectivity index (χ1n) is 6.86. The lowest BCUT2D eigenvalue weighted by atomic mass is 10.1. The maximum Gasteiger partial charge on any atom is 0.259 e. The van der Waals surface area contributed by atoms with Gasteiger partial charge in [0.2, 0.25) is 0 Å². The second kappa shape index (κ2) is 6.24. The van der Waals surface area contributed by atoms with Crippen LogP contribution in [0.5, 0.6) is 5.75 Å². The number of para-hydroxylation sites is 1. The van der Waals surface area contributed by atoms with E-state index in [-0.39, 0.29) is 11.7 Å². The number of hydrogen-bond donors (Lipinski definition) is 2. The Morgan fingerprint density at radius 2 is 1.85 bits per heavy atom. The summed E-state index contributed by atoms with van der Waals surface area (Å²) in [5, 5.41) is 12.7. The normalized spacial score (nSPS) is 10.3. The largest absolute Gasteiger partial charge is 0.507 e. The van der Waals surface area contributed by atoms with Crippen LogP contribution in [0.4, 0.5) is 5.69 Å². The molecule has 0 unspecified atom stereocenters. The van der Waals surface area contributed by atoms with Crippen LogP contribution < -0.4 is 5.32 Å². The van der Waals surface area contributed by atoms with Crippen LogP contribution in [-0.4, -0.2) is 11.0 Å². The molecule has 0 bridgehead atoms. The highest BCUT2D eigenvalue weighted by Gasteiger charge is 2.13. The van der Waals surface area contributed by atoms with Crippen molar-refractivity contribution in [3.63, 3.8) is 0 Å². The minimum Gasteiger partial charge on any atom is -0.507 e. The average molecular weight is 269 g/mol. The average Bonchev–Trinajstić information content (AvgIpc) is 2.48. The predicted octanol–water partition coefficient (Wildman–Crippen LogP) is 3.77. The van der Waals surface area contributed by atoms with Gasteiger partial charge in [-0.1, -0.05) is 38.1 Å². The van der Waals surface area contributed by atoms with E-state index in [4.69, 9.17) is 0 Å². The van der Waals surface area contributed by atoms with Gasteiger partial charge in [-0.3, -0.25) is 4.79 Å². The summed E-state index contributed by atoms with van der Waals surface area (Å²) in [6.07, 6.45) is 1.67. The van der Waals surface area contributed by atoms with Crippen LogP contribution in [-0.2, 0) is 12.8 Å². The Labute approximate surface area is 119 Å². The first kappa shape index (κ1) is 14.1. The summed E-state index contributed by atoms with van der Waals surface area (Å²) >= 11 is 0. The van der Waals surface area contributed by atoms with E-state index in [9.17, 15) is 9.90 Å². The number of hydrogen-bond acceptors (Lipinski definition) is 2. The third kappa shape index (κ3) is 2.99. The van der Waals surface area contributed by atoms with E-state index in [0.717, 1.165) is 29.7 Å². The number of aryl methyl sites for hydroxylation is 2. The number of aromatic hydroxyl groups is 1. The number of phenolic OH excluding ortho intramolecular Hbond substituents is 1.